The molecule has 3 aromatic rings. The minimum Gasteiger partial charge on any atom is -0.493 e. The molecular formula is C17H17N3O4S. The van der Waals surface area contributed by atoms with Crippen molar-refractivity contribution in [2.24, 2.45) is 5.14 Å². The minimum absolute atomic E-state index is 0.0394. The summed E-state index contributed by atoms with van der Waals surface area (Å²) in [6, 6.07) is 13.7. The van der Waals surface area contributed by atoms with Gasteiger partial charge >= 0.3 is 0 Å². The van der Waals surface area contributed by atoms with Crippen LogP contribution in [0.2, 0.25) is 0 Å². The molecule has 0 bridgehead atoms. The Kier molecular flexibility index (Phi) is 4.47. The third kappa shape index (κ3) is 3.35. The summed E-state index contributed by atoms with van der Waals surface area (Å²) in [6.07, 6.45) is 0. The summed E-state index contributed by atoms with van der Waals surface area (Å²) in [4.78, 5) is 0.0394. The van der Waals surface area contributed by atoms with Crippen LogP contribution in [0.25, 0.3) is 22.5 Å². The van der Waals surface area contributed by atoms with Gasteiger partial charge in [0.1, 0.15) is 0 Å². The first-order chi connectivity index (χ1) is 11.9. The minimum atomic E-state index is -3.84. The van der Waals surface area contributed by atoms with Gasteiger partial charge in [0.25, 0.3) is 0 Å². The lowest BCUT2D eigenvalue weighted by Gasteiger charge is -2.08. The molecule has 3 N–H and O–H groups in total. The Balaban J connectivity index is 2.05. The second-order valence-electron chi connectivity index (χ2n) is 5.28. The van der Waals surface area contributed by atoms with E-state index in [1.54, 1.807) is 50.6 Å². The molecule has 0 spiro atoms. The fraction of sp³-hybridized carbons (Fsp3) is 0.118. The topological polar surface area (TPSA) is 107 Å². The monoisotopic (exact) mass is 359 g/mol. The van der Waals surface area contributed by atoms with Crippen LogP contribution in [0, 0.1) is 0 Å². The summed E-state index contributed by atoms with van der Waals surface area (Å²) in [7, 11) is -0.722. The van der Waals surface area contributed by atoms with E-state index in [1.165, 1.54) is 6.07 Å². The maximum Gasteiger partial charge on any atom is 0.238 e. The number of hydrogen-bond acceptors (Lipinski definition) is 5. The predicted molar refractivity (Wildman–Crippen MR) is 93.9 cm³/mol. The molecule has 25 heavy (non-hydrogen) atoms. The van der Waals surface area contributed by atoms with Gasteiger partial charge in [0.05, 0.1) is 30.5 Å². The van der Waals surface area contributed by atoms with Gasteiger partial charge in [0.2, 0.25) is 10.0 Å². The van der Waals surface area contributed by atoms with E-state index in [0.29, 0.717) is 28.5 Å². The molecule has 0 saturated heterocycles. The zero-order chi connectivity index (χ0) is 18.0. The summed E-state index contributed by atoms with van der Waals surface area (Å²) in [5.74, 6) is 1.19. The number of hydrogen-bond donors (Lipinski definition) is 2. The molecular weight excluding hydrogens is 342 g/mol. The first kappa shape index (κ1) is 17.0. The van der Waals surface area contributed by atoms with Crippen molar-refractivity contribution in [2.75, 3.05) is 14.2 Å². The Labute approximate surface area is 145 Å². The fourth-order valence-corrected chi connectivity index (χ4v) is 3.29. The van der Waals surface area contributed by atoms with Gasteiger partial charge in [-0.15, -0.1) is 0 Å². The van der Waals surface area contributed by atoms with Crippen molar-refractivity contribution in [1.82, 2.24) is 10.2 Å². The van der Waals surface area contributed by atoms with Crippen molar-refractivity contribution >= 4 is 10.0 Å². The van der Waals surface area contributed by atoms with Crippen molar-refractivity contribution in [3.05, 3.63) is 48.5 Å². The molecule has 0 aliphatic rings. The Morgan fingerprint density at radius 1 is 1.00 bits per heavy atom. The van der Waals surface area contributed by atoms with Gasteiger partial charge in [0, 0.05) is 11.1 Å². The lowest BCUT2D eigenvalue weighted by molar-refractivity contribution is 0.355. The first-order valence-electron chi connectivity index (χ1n) is 7.34. The molecule has 130 valence electrons. The molecule has 2 aromatic carbocycles. The first-order valence-corrected chi connectivity index (χ1v) is 8.88. The maximum atomic E-state index is 11.8. The number of benzene rings is 2. The Hall–Kier alpha value is -2.84. The van der Waals surface area contributed by atoms with Crippen LogP contribution < -0.4 is 14.6 Å². The molecule has 1 heterocycles. The third-order valence-electron chi connectivity index (χ3n) is 3.74. The van der Waals surface area contributed by atoms with E-state index in [1.807, 2.05) is 6.07 Å². The SMILES string of the molecule is COc1ccc(-c2cc(-c3ccccc3S(N)(=O)=O)[nH]n2)cc1OC. The molecule has 8 heteroatoms. The van der Waals surface area contributed by atoms with Crippen LogP contribution in [0.5, 0.6) is 11.5 Å². The van der Waals surface area contributed by atoms with Crippen LogP contribution in [-0.4, -0.2) is 32.8 Å². The molecule has 1 aromatic heterocycles. The molecule has 0 atom stereocenters. The number of aromatic amines is 1. The number of methoxy groups -OCH3 is 2. The van der Waals surface area contributed by atoms with Gasteiger partial charge in [-0.3, -0.25) is 5.10 Å². The van der Waals surface area contributed by atoms with Crippen LogP contribution in [0.3, 0.4) is 0 Å². The summed E-state index contributed by atoms with van der Waals surface area (Å²) in [6.45, 7) is 0. The smallest absolute Gasteiger partial charge is 0.238 e. The van der Waals surface area contributed by atoms with Crippen molar-refractivity contribution in [3.8, 4) is 34.0 Å². The highest BCUT2D eigenvalue weighted by molar-refractivity contribution is 7.89. The number of sulfonamides is 1. The zero-order valence-corrected chi connectivity index (χ0v) is 14.5. The van der Waals surface area contributed by atoms with Gasteiger partial charge in [-0.2, -0.15) is 5.10 Å². The molecule has 3 rings (SSSR count). The zero-order valence-electron chi connectivity index (χ0n) is 13.7. The molecule has 0 saturated carbocycles. The van der Waals surface area contributed by atoms with Crippen LogP contribution in [0.1, 0.15) is 0 Å². The second-order valence-corrected chi connectivity index (χ2v) is 6.81. The third-order valence-corrected chi connectivity index (χ3v) is 4.71. The average Bonchev–Trinajstić information content (AvgIpc) is 3.10. The summed E-state index contributed by atoms with van der Waals surface area (Å²) in [5.41, 5.74) is 2.45. The Bertz CT molecular complexity index is 1010. The van der Waals surface area contributed by atoms with Crippen molar-refractivity contribution in [1.29, 1.82) is 0 Å². The molecule has 0 radical (unpaired) electrons. The molecule has 0 aliphatic heterocycles. The highest BCUT2D eigenvalue weighted by Gasteiger charge is 2.17. The van der Waals surface area contributed by atoms with E-state index >= 15 is 0 Å². The van der Waals surface area contributed by atoms with Gasteiger partial charge in [-0.25, -0.2) is 13.6 Å². The lowest BCUT2D eigenvalue weighted by atomic mass is 10.1. The van der Waals surface area contributed by atoms with Crippen molar-refractivity contribution in [2.45, 2.75) is 4.90 Å². The predicted octanol–water partition coefficient (Wildman–Crippen LogP) is 2.41. The number of aromatic nitrogens is 2. The molecule has 0 aliphatic carbocycles. The van der Waals surface area contributed by atoms with Crippen molar-refractivity contribution < 1.29 is 17.9 Å². The van der Waals surface area contributed by atoms with Crippen LogP contribution in [0.4, 0.5) is 0 Å². The summed E-state index contributed by atoms with van der Waals surface area (Å²) >= 11 is 0. The number of H-pyrrole nitrogens is 1. The van der Waals surface area contributed by atoms with Gasteiger partial charge in [0.15, 0.2) is 11.5 Å². The highest BCUT2D eigenvalue weighted by atomic mass is 32.2. The summed E-state index contributed by atoms with van der Waals surface area (Å²) in [5, 5.41) is 12.4. The van der Waals surface area contributed by atoms with Gasteiger partial charge in [-0.05, 0) is 30.3 Å². The highest BCUT2D eigenvalue weighted by Crippen LogP contribution is 2.33. The number of rotatable bonds is 5. The van der Waals surface area contributed by atoms with E-state index in [4.69, 9.17) is 14.6 Å². The number of nitrogens with one attached hydrogen (secondary N) is 1. The van der Waals surface area contributed by atoms with Crippen LogP contribution in [-0.2, 0) is 10.0 Å². The van der Waals surface area contributed by atoms with Crippen LogP contribution in [0.15, 0.2) is 53.4 Å². The van der Waals surface area contributed by atoms with E-state index in [9.17, 15) is 8.42 Å². The fourth-order valence-electron chi connectivity index (χ4n) is 2.54. The molecule has 0 unspecified atom stereocenters. The van der Waals surface area contributed by atoms with E-state index in [-0.39, 0.29) is 4.90 Å². The van der Waals surface area contributed by atoms with E-state index in [0.717, 1.165) is 5.56 Å². The maximum absolute atomic E-state index is 11.8. The Morgan fingerprint density at radius 2 is 1.72 bits per heavy atom. The average molecular weight is 359 g/mol. The number of primary sulfonamides is 1. The van der Waals surface area contributed by atoms with Crippen LogP contribution >= 0.6 is 0 Å². The standard InChI is InChI=1S/C17H17N3O4S/c1-23-15-8-7-11(9-16(15)24-2)13-10-14(20-19-13)12-5-3-4-6-17(12)25(18,21)22/h3-10H,1-2H3,(H,19,20)(H2,18,21,22). The molecule has 0 amide bonds. The van der Waals surface area contributed by atoms with Gasteiger partial charge < -0.3 is 9.47 Å². The molecule has 0 fully saturated rings. The number of ether oxygens (including phenoxy) is 2. The number of nitrogens with zero attached hydrogens (tertiary/aromatic N) is 1. The van der Waals surface area contributed by atoms with Gasteiger partial charge in [-0.1, -0.05) is 18.2 Å². The van der Waals surface area contributed by atoms with E-state index < -0.39 is 10.0 Å². The molecule has 7 nitrogen and oxygen atoms in total. The van der Waals surface area contributed by atoms with Crippen molar-refractivity contribution in [3.63, 3.8) is 0 Å². The normalized spacial score (nSPS) is 11.3. The quantitative estimate of drug-likeness (QED) is 0.727. The second kappa shape index (κ2) is 6.58. The van der Waals surface area contributed by atoms with E-state index in [2.05, 4.69) is 10.2 Å². The Morgan fingerprint density at radius 3 is 2.40 bits per heavy atom. The largest absolute Gasteiger partial charge is 0.493 e. The summed E-state index contributed by atoms with van der Waals surface area (Å²) < 4.78 is 34.1. The lowest BCUT2D eigenvalue weighted by Crippen LogP contribution is -2.13. The number of nitrogens with two attached hydrogens (primary N) is 1.